The van der Waals surface area contributed by atoms with Gasteiger partial charge in [0.25, 0.3) is 0 Å². The number of hydrogen-bond acceptors (Lipinski definition) is 9. The highest BCUT2D eigenvalue weighted by atomic mass is 35.5. The van der Waals surface area contributed by atoms with Gasteiger partial charge < -0.3 is 24.5 Å². The first-order valence-electron chi connectivity index (χ1n) is 15.1. The quantitative estimate of drug-likeness (QED) is 0.153. The molecule has 3 rings (SSSR count). The van der Waals surface area contributed by atoms with Gasteiger partial charge in [0.05, 0.1) is 30.3 Å². The molecule has 10 heteroatoms. The summed E-state index contributed by atoms with van der Waals surface area (Å²) in [7, 11) is 0. The second kappa shape index (κ2) is 16.7. The first kappa shape index (κ1) is 34.5. The van der Waals surface area contributed by atoms with Crippen LogP contribution in [0.4, 0.5) is 0 Å². The fraction of sp³-hybridized carbons (Fsp3) is 0.576. The monoisotopic (exact) mass is 617 g/mol. The van der Waals surface area contributed by atoms with Crippen LogP contribution in [0.3, 0.4) is 0 Å². The Morgan fingerprint density at radius 2 is 1.98 bits per heavy atom. The number of nitrogens with zero attached hydrogens (tertiary/aromatic N) is 1. The van der Waals surface area contributed by atoms with Gasteiger partial charge in [0.15, 0.2) is 5.78 Å². The smallest absolute Gasteiger partial charge is 0.308 e. The number of halogens is 1. The molecule has 1 aromatic carbocycles. The van der Waals surface area contributed by atoms with Crippen molar-refractivity contribution in [3.8, 4) is 0 Å². The van der Waals surface area contributed by atoms with Crippen LogP contribution in [0.2, 0.25) is 5.02 Å². The van der Waals surface area contributed by atoms with Gasteiger partial charge in [0.2, 0.25) is 0 Å². The number of fused-ring (bicyclic) bond motifs is 1. The lowest BCUT2D eigenvalue weighted by Gasteiger charge is -2.43. The van der Waals surface area contributed by atoms with E-state index < -0.39 is 24.3 Å². The van der Waals surface area contributed by atoms with Gasteiger partial charge in [-0.25, -0.2) is 0 Å². The van der Waals surface area contributed by atoms with Gasteiger partial charge >= 0.3 is 11.9 Å². The van der Waals surface area contributed by atoms with Crippen LogP contribution in [0.1, 0.15) is 71.3 Å². The minimum Gasteiger partial charge on any atom is -0.461 e. The van der Waals surface area contributed by atoms with Gasteiger partial charge in [-0.05, 0) is 62.2 Å². The highest BCUT2D eigenvalue weighted by Crippen LogP contribution is 2.45. The zero-order valence-electron chi connectivity index (χ0n) is 25.2. The summed E-state index contributed by atoms with van der Waals surface area (Å²) in [6.07, 6.45) is 2.71. The van der Waals surface area contributed by atoms with E-state index in [1.807, 2.05) is 39.0 Å². The number of carbonyl (C=O) groups excluding carboxylic acids is 3. The lowest BCUT2D eigenvalue weighted by atomic mass is 9.63. The van der Waals surface area contributed by atoms with Gasteiger partial charge in [-0.1, -0.05) is 68.4 Å². The molecule has 9 nitrogen and oxygen atoms in total. The third kappa shape index (κ3) is 9.74. The Labute approximate surface area is 258 Å². The second-order valence-corrected chi connectivity index (χ2v) is 11.9. The molecule has 0 spiro atoms. The van der Waals surface area contributed by atoms with Crippen LogP contribution in [0.15, 0.2) is 53.7 Å². The fourth-order valence-electron chi connectivity index (χ4n) is 5.68. The van der Waals surface area contributed by atoms with Crippen molar-refractivity contribution in [1.82, 2.24) is 0 Å². The van der Waals surface area contributed by atoms with E-state index in [-0.39, 0.29) is 67.9 Å². The lowest BCUT2D eigenvalue weighted by Crippen LogP contribution is -2.46. The molecule has 0 aliphatic heterocycles. The van der Waals surface area contributed by atoms with Crippen molar-refractivity contribution in [2.75, 3.05) is 6.61 Å². The van der Waals surface area contributed by atoms with Crippen LogP contribution in [-0.2, 0) is 35.3 Å². The Morgan fingerprint density at radius 3 is 2.67 bits per heavy atom. The van der Waals surface area contributed by atoms with Crippen molar-refractivity contribution in [3.63, 3.8) is 0 Å². The minimum atomic E-state index is -1.07. The largest absolute Gasteiger partial charge is 0.461 e. The number of benzene rings is 1. The summed E-state index contributed by atoms with van der Waals surface area (Å²) >= 11 is 6.26. The minimum absolute atomic E-state index is 0.0133. The number of oxime groups is 1. The molecule has 0 radical (unpaired) electrons. The molecule has 0 amide bonds. The molecule has 1 aromatic rings. The standard InChI is InChI=1S/C33H44ClNO8/c1-5-15-41-31(39)17-24(37)16-23(36)11-12-25-21(4)29(38)18-26-28(35-42-19-22-9-7-8-10-27(22)34)13-14-30(32(25)26)43-33(40)20(3)6-2/h5,7-10,18,20-21,23-25,30,32,36-37H,1,6,11-17,19H2,2-4H3. The molecule has 0 saturated heterocycles. The summed E-state index contributed by atoms with van der Waals surface area (Å²) in [6.45, 7) is 9.31. The molecule has 2 aliphatic rings. The number of ether oxygens (including phenoxy) is 2. The zero-order valence-corrected chi connectivity index (χ0v) is 26.0. The number of esters is 2. The molecule has 7 atom stereocenters. The Hall–Kier alpha value is -3.01. The molecule has 2 N–H and O–H groups in total. The van der Waals surface area contributed by atoms with Crippen LogP contribution >= 0.6 is 11.6 Å². The number of aliphatic hydroxyl groups is 2. The van der Waals surface area contributed by atoms with Gasteiger partial charge in [0.1, 0.15) is 19.3 Å². The predicted molar refractivity (Wildman–Crippen MR) is 163 cm³/mol. The molecule has 0 aromatic heterocycles. The van der Waals surface area contributed by atoms with Crippen LogP contribution in [-0.4, -0.2) is 58.6 Å². The number of carbonyl (C=O) groups is 3. The second-order valence-electron chi connectivity index (χ2n) is 11.5. The van der Waals surface area contributed by atoms with E-state index in [9.17, 15) is 24.6 Å². The molecule has 2 aliphatic carbocycles. The summed E-state index contributed by atoms with van der Waals surface area (Å²) < 4.78 is 11.0. The van der Waals surface area contributed by atoms with Crippen molar-refractivity contribution in [2.24, 2.45) is 28.8 Å². The number of allylic oxidation sites excluding steroid dienone is 1. The Balaban J connectivity index is 1.78. The maximum absolute atomic E-state index is 13.2. The third-order valence-electron chi connectivity index (χ3n) is 8.39. The molecule has 1 saturated carbocycles. The van der Waals surface area contributed by atoms with E-state index in [1.165, 1.54) is 6.08 Å². The van der Waals surface area contributed by atoms with Gasteiger partial charge in [-0.2, -0.15) is 0 Å². The highest BCUT2D eigenvalue weighted by Gasteiger charge is 2.46. The molecular formula is C33H44ClNO8. The van der Waals surface area contributed by atoms with Crippen LogP contribution < -0.4 is 0 Å². The molecule has 1 fully saturated rings. The van der Waals surface area contributed by atoms with Crippen LogP contribution in [0.25, 0.3) is 0 Å². The number of ketones is 1. The average molecular weight is 618 g/mol. The van der Waals surface area contributed by atoms with Crippen molar-refractivity contribution in [3.05, 3.63) is 59.2 Å². The average Bonchev–Trinajstić information content (AvgIpc) is 2.97. The Bertz CT molecular complexity index is 1200. The van der Waals surface area contributed by atoms with Gasteiger partial charge in [-0.15, -0.1) is 0 Å². The van der Waals surface area contributed by atoms with Crippen LogP contribution in [0, 0.1) is 23.7 Å². The zero-order chi connectivity index (χ0) is 31.5. The normalized spacial score (nSPS) is 24.7. The third-order valence-corrected chi connectivity index (χ3v) is 8.75. The summed E-state index contributed by atoms with van der Waals surface area (Å²) in [5, 5.41) is 26.0. The maximum atomic E-state index is 13.2. The summed E-state index contributed by atoms with van der Waals surface area (Å²) in [4.78, 5) is 43.6. The molecule has 7 unspecified atom stereocenters. The molecular weight excluding hydrogens is 574 g/mol. The van der Waals surface area contributed by atoms with Gasteiger partial charge in [-0.3, -0.25) is 14.4 Å². The SMILES string of the molecule is C=CCOC(=O)CC(O)CC(O)CCC1C(C)C(=O)C=C2C(=NOCc3ccccc3Cl)CCC(OC(=O)C(C)CC)C21. The Kier molecular flexibility index (Phi) is 13.4. The first-order valence-corrected chi connectivity index (χ1v) is 15.4. The summed E-state index contributed by atoms with van der Waals surface area (Å²) in [5.41, 5.74) is 2.11. The summed E-state index contributed by atoms with van der Waals surface area (Å²) in [6, 6.07) is 7.32. The van der Waals surface area contributed by atoms with Crippen LogP contribution in [0.5, 0.6) is 0 Å². The number of aliphatic hydroxyl groups excluding tert-OH is 2. The molecule has 0 bridgehead atoms. The van der Waals surface area contributed by atoms with Gasteiger partial charge in [0, 0.05) is 22.4 Å². The predicted octanol–water partition coefficient (Wildman–Crippen LogP) is 5.35. The van der Waals surface area contributed by atoms with E-state index in [0.29, 0.717) is 42.0 Å². The topological polar surface area (TPSA) is 132 Å². The van der Waals surface area contributed by atoms with Crippen molar-refractivity contribution in [2.45, 2.75) is 90.6 Å². The van der Waals surface area contributed by atoms with Crippen molar-refractivity contribution < 1.29 is 38.9 Å². The van der Waals surface area contributed by atoms with E-state index in [4.69, 9.17) is 25.9 Å². The van der Waals surface area contributed by atoms with Crippen molar-refractivity contribution >= 4 is 35.0 Å². The highest BCUT2D eigenvalue weighted by molar-refractivity contribution is 6.31. The lowest BCUT2D eigenvalue weighted by molar-refractivity contribution is -0.158. The molecule has 43 heavy (non-hydrogen) atoms. The molecule has 236 valence electrons. The Morgan fingerprint density at radius 1 is 1.23 bits per heavy atom. The van der Waals surface area contributed by atoms with Crippen molar-refractivity contribution in [1.29, 1.82) is 0 Å². The van der Waals surface area contributed by atoms with E-state index in [1.54, 1.807) is 12.1 Å². The fourth-order valence-corrected chi connectivity index (χ4v) is 5.87. The first-order chi connectivity index (χ1) is 20.5. The number of rotatable bonds is 15. The number of hydrogen-bond donors (Lipinski definition) is 2. The van der Waals surface area contributed by atoms with E-state index in [0.717, 1.165) is 5.56 Å². The summed E-state index contributed by atoms with van der Waals surface area (Å²) in [5.74, 6) is -2.13. The van der Waals surface area contributed by atoms with E-state index in [2.05, 4.69) is 11.7 Å². The molecule has 0 heterocycles. The maximum Gasteiger partial charge on any atom is 0.308 e. The van der Waals surface area contributed by atoms with E-state index >= 15 is 0 Å².